The summed E-state index contributed by atoms with van der Waals surface area (Å²) in [5, 5.41) is 9.31. The van der Waals surface area contributed by atoms with E-state index in [4.69, 9.17) is 21.4 Å². The molecule has 1 amide bonds. The van der Waals surface area contributed by atoms with Gasteiger partial charge in [-0.15, -0.1) is 0 Å². The Hall–Kier alpha value is -1.26. The van der Waals surface area contributed by atoms with E-state index in [1.165, 1.54) is 0 Å². The van der Waals surface area contributed by atoms with Crippen molar-refractivity contribution in [1.29, 1.82) is 0 Å². The molecule has 20 heavy (non-hydrogen) atoms. The van der Waals surface area contributed by atoms with Crippen LogP contribution in [0.5, 0.6) is 5.75 Å². The van der Waals surface area contributed by atoms with E-state index in [0.29, 0.717) is 17.3 Å². The second-order valence-electron chi connectivity index (χ2n) is 4.73. The lowest BCUT2D eigenvalue weighted by atomic mass is 10.1. The number of rotatable bonds is 8. The molecule has 5 heteroatoms. The molecule has 1 aromatic rings. The molecular weight excluding hydrogens is 278 g/mol. The summed E-state index contributed by atoms with van der Waals surface area (Å²) >= 11 is 5.95. The van der Waals surface area contributed by atoms with Crippen LogP contribution < -0.4 is 4.74 Å². The summed E-state index contributed by atoms with van der Waals surface area (Å²) < 4.78 is 5.24. The molecule has 0 aliphatic heterocycles. The third-order valence-corrected chi connectivity index (χ3v) is 3.40. The molecule has 112 valence electrons. The molecule has 0 aromatic heterocycles. The SMILES string of the molecule is COc1ccc(Cl)cc1CC(=O)N(C)CCCCCO. The number of aliphatic hydroxyl groups is 1. The lowest BCUT2D eigenvalue weighted by molar-refractivity contribution is -0.129. The van der Waals surface area contributed by atoms with E-state index in [1.807, 2.05) is 0 Å². The van der Waals surface area contributed by atoms with Crippen molar-refractivity contribution in [2.75, 3.05) is 27.3 Å². The van der Waals surface area contributed by atoms with Gasteiger partial charge in [0.25, 0.3) is 0 Å². The van der Waals surface area contributed by atoms with Crippen molar-refractivity contribution < 1.29 is 14.6 Å². The second-order valence-corrected chi connectivity index (χ2v) is 5.17. The molecule has 0 aliphatic carbocycles. The highest BCUT2D eigenvalue weighted by Gasteiger charge is 2.13. The number of methoxy groups -OCH3 is 1. The molecule has 0 heterocycles. The normalized spacial score (nSPS) is 10.4. The molecule has 0 aliphatic rings. The van der Waals surface area contributed by atoms with E-state index >= 15 is 0 Å². The van der Waals surface area contributed by atoms with Crippen molar-refractivity contribution in [2.24, 2.45) is 0 Å². The molecule has 0 spiro atoms. The Balaban J connectivity index is 2.54. The van der Waals surface area contributed by atoms with Gasteiger partial charge in [-0.05, 0) is 37.5 Å². The van der Waals surface area contributed by atoms with Gasteiger partial charge in [0.15, 0.2) is 0 Å². The topological polar surface area (TPSA) is 49.8 Å². The number of amides is 1. The van der Waals surface area contributed by atoms with E-state index in [2.05, 4.69) is 0 Å². The van der Waals surface area contributed by atoms with Crippen LogP contribution in [0.4, 0.5) is 0 Å². The Kier molecular flexibility index (Phi) is 7.41. The zero-order valence-corrected chi connectivity index (χ0v) is 12.8. The van der Waals surface area contributed by atoms with Crippen LogP contribution in [0.2, 0.25) is 5.02 Å². The predicted molar refractivity (Wildman–Crippen MR) is 80.3 cm³/mol. The molecule has 1 aromatic carbocycles. The summed E-state index contributed by atoms with van der Waals surface area (Å²) in [6, 6.07) is 5.27. The summed E-state index contributed by atoms with van der Waals surface area (Å²) in [6.45, 7) is 0.902. The zero-order valence-electron chi connectivity index (χ0n) is 12.1. The molecule has 0 fully saturated rings. The standard InChI is InChI=1S/C15H22ClNO3/c1-17(8-4-3-5-9-18)15(19)11-12-10-13(16)6-7-14(12)20-2/h6-7,10,18H,3-5,8-9,11H2,1-2H3. The summed E-state index contributed by atoms with van der Waals surface area (Å²) in [5.41, 5.74) is 0.798. The Morgan fingerprint density at radius 2 is 2.10 bits per heavy atom. The average molecular weight is 300 g/mol. The van der Waals surface area contributed by atoms with Gasteiger partial charge in [-0.2, -0.15) is 0 Å². The largest absolute Gasteiger partial charge is 0.496 e. The first-order valence-corrected chi connectivity index (χ1v) is 7.13. The van der Waals surface area contributed by atoms with E-state index in [-0.39, 0.29) is 18.9 Å². The number of hydrogen-bond acceptors (Lipinski definition) is 3. The quantitative estimate of drug-likeness (QED) is 0.750. The van der Waals surface area contributed by atoms with Crippen LogP contribution in [0.25, 0.3) is 0 Å². The van der Waals surface area contributed by atoms with Gasteiger partial charge in [0, 0.05) is 30.8 Å². The van der Waals surface area contributed by atoms with Crippen molar-refractivity contribution in [3.05, 3.63) is 28.8 Å². The summed E-state index contributed by atoms with van der Waals surface area (Å²) in [7, 11) is 3.37. The first kappa shape index (κ1) is 16.8. The molecule has 0 saturated carbocycles. The third-order valence-electron chi connectivity index (χ3n) is 3.16. The molecule has 0 bridgehead atoms. The van der Waals surface area contributed by atoms with Gasteiger partial charge in [-0.1, -0.05) is 11.6 Å². The van der Waals surface area contributed by atoms with Crippen molar-refractivity contribution in [2.45, 2.75) is 25.7 Å². The van der Waals surface area contributed by atoms with Gasteiger partial charge in [0.2, 0.25) is 5.91 Å². The van der Waals surface area contributed by atoms with Gasteiger partial charge in [0.1, 0.15) is 5.75 Å². The van der Waals surface area contributed by atoms with E-state index in [1.54, 1.807) is 37.3 Å². The Labute approximate surface area is 125 Å². The maximum absolute atomic E-state index is 12.1. The first-order valence-electron chi connectivity index (χ1n) is 6.75. The molecule has 1 N–H and O–H groups in total. The lowest BCUT2D eigenvalue weighted by Crippen LogP contribution is -2.29. The second kappa shape index (κ2) is 8.82. The Morgan fingerprint density at radius 1 is 1.35 bits per heavy atom. The van der Waals surface area contributed by atoms with E-state index in [9.17, 15) is 4.79 Å². The number of benzene rings is 1. The number of carbonyl (C=O) groups is 1. The molecule has 1 rings (SSSR count). The highest BCUT2D eigenvalue weighted by atomic mass is 35.5. The fourth-order valence-electron chi connectivity index (χ4n) is 1.95. The Bertz CT molecular complexity index is 437. The molecule has 0 atom stereocenters. The van der Waals surface area contributed by atoms with Crippen molar-refractivity contribution in [3.8, 4) is 5.75 Å². The van der Waals surface area contributed by atoms with Crippen LogP contribution in [0.15, 0.2) is 18.2 Å². The van der Waals surface area contributed by atoms with Gasteiger partial charge in [-0.25, -0.2) is 0 Å². The van der Waals surface area contributed by atoms with Crippen LogP contribution in [-0.4, -0.2) is 43.2 Å². The maximum atomic E-state index is 12.1. The maximum Gasteiger partial charge on any atom is 0.226 e. The highest BCUT2D eigenvalue weighted by molar-refractivity contribution is 6.30. The number of hydrogen-bond donors (Lipinski definition) is 1. The monoisotopic (exact) mass is 299 g/mol. The lowest BCUT2D eigenvalue weighted by Gasteiger charge is -2.18. The first-order chi connectivity index (χ1) is 9.58. The smallest absolute Gasteiger partial charge is 0.226 e. The number of carbonyl (C=O) groups excluding carboxylic acids is 1. The number of halogens is 1. The average Bonchev–Trinajstić information content (AvgIpc) is 2.43. The van der Waals surface area contributed by atoms with Crippen molar-refractivity contribution in [1.82, 2.24) is 4.90 Å². The minimum Gasteiger partial charge on any atom is -0.496 e. The molecule has 0 saturated heterocycles. The predicted octanol–water partition coefficient (Wildman–Crippen LogP) is 2.51. The molecule has 0 radical (unpaired) electrons. The summed E-state index contributed by atoms with van der Waals surface area (Å²) in [6.07, 6.45) is 2.88. The van der Waals surface area contributed by atoms with Crippen LogP contribution >= 0.6 is 11.6 Å². The highest BCUT2D eigenvalue weighted by Crippen LogP contribution is 2.23. The molecule has 0 unspecified atom stereocenters. The number of aliphatic hydroxyl groups excluding tert-OH is 1. The number of likely N-dealkylation sites (N-methyl/N-ethyl adjacent to an activating group) is 1. The molecular formula is C15H22ClNO3. The number of nitrogens with zero attached hydrogens (tertiary/aromatic N) is 1. The number of ether oxygens (including phenoxy) is 1. The zero-order chi connectivity index (χ0) is 15.0. The van der Waals surface area contributed by atoms with Crippen LogP contribution in [0, 0.1) is 0 Å². The van der Waals surface area contributed by atoms with Gasteiger partial charge < -0.3 is 14.7 Å². The van der Waals surface area contributed by atoms with Crippen LogP contribution in [0.3, 0.4) is 0 Å². The van der Waals surface area contributed by atoms with Crippen molar-refractivity contribution >= 4 is 17.5 Å². The minimum absolute atomic E-state index is 0.0366. The Morgan fingerprint density at radius 3 is 2.75 bits per heavy atom. The van der Waals surface area contributed by atoms with Crippen LogP contribution in [0.1, 0.15) is 24.8 Å². The van der Waals surface area contributed by atoms with Gasteiger partial charge in [-0.3, -0.25) is 4.79 Å². The van der Waals surface area contributed by atoms with Gasteiger partial charge >= 0.3 is 0 Å². The fraction of sp³-hybridized carbons (Fsp3) is 0.533. The third kappa shape index (κ3) is 5.39. The van der Waals surface area contributed by atoms with Gasteiger partial charge in [0.05, 0.1) is 13.5 Å². The van der Waals surface area contributed by atoms with Crippen molar-refractivity contribution in [3.63, 3.8) is 0 Å². The van der Waals surface area contributed by atoms with Crippen LogP contribution in [-0.2, 0) is 11.2 Å². The minimum atomic E-state index is 0.0366. The number of unbranched alkanes of at least 4 members (excludes halogenated alkanes) is 2. The van der Waals surface area contributed by atoms with E-state index in [0.717, 1.165) is 24.8 Å². The molecule has 4 nitrogen and oxygen atoms in total. The van der Waals surface area contributed by atoms with E-state index < -0.39 is 0 Å². The summed E-state index contributed by atoms with van der Waals surface area (Å²) in [5.74, 6) is 0.714. The fourth-order valence-corrected chi connectivity index (χ4v) is 2.14. The summed E-state index contributed by atoms with van der Waals surface area (Å²) in [4.78, 5) is 13.8.